The summed E-state index contributed by atoms with van der Waals surface area (Å²) in [4.78, 5) is 10.5. The number of carbonyl (C=O) groups is 1. The summed E-state index contributed by atoms with van der Waals surface area (Å²) in [7, 11) is 0. The van der Waals surface area contributed by atoms with Crippen LogP contribution in [0.25, 0.3) is 0 Å². The van der Waals surface area contributed by atoms with Crippen molar-refractivity contribution in [3.05, 3.63) is 0 Å². The fourth-order valence-corrected chi connectivity index (χ4v) is 0.653. The molecule has 0 saturated carbocycles. The van der Waals surface area contributed by atoms with Crippen LogP contribution in [-0.4, -0.2) is 32.5 Å². The van der Waals surface area contributed by atoms with Gasteiger partial charge in [0, 0.05) is 6.61 Å². The first kappa shape index (κ1) is 10.5. The van der Waals surface area contributed by atoms with Gasteiger partial charge in [-0.2, -0.15) is 4.21 Å². The number of carbonyl (C=O) groups excluding carboxylic acids is 1. The Morgan fingerprint density at radius 1 is 1.73 bits per heavy atom. The lowest BCUT2D eigenvalue weighted by Crippen LogP contribution is -2.33. The minimum atomic E-state index is -2.63. The summed E-state index contributed by atoms with van der Waals surface area (Å²) in [6.07, 6.45) is 0.00995. The molecule has 0 rings (SSSR count). The third kappa shape index (κ3) is 4.85. The molecule has 0 bridgehead atoms. The first-order valence-corrected chi connectivity index (χ1v) is 3.80. The molecule has 66 valence electrons. The van der Waals surface area contributed by atoms with Crippen LogP contribution in [-0.2, 0) is 20.3 Å². The summed E-state index contributed by atoms with van der Waals surface area (Å²) in [6.45, 7) is -0.270. The van der Waals surface area contributed by atoms with Gasteiger partial charge in [-0.25, -0.2) is 4.79 Å². The van der Waals surface area contributed by atoms with Crippen molar-refractivity contribution in [1.29, 1.82) is 0 Å². The molecule has 0 aromatic carbocycles. The van der Waals surface area contributed by atoms with E-state index in [4.69, 9.17) is 15.4 Å². The molecule has 0 aromatic heterocycles. The highest BCUT2D eigenvalue weighted by atomic mass is 32.2. The summed E-state index contributed by atoms with van der Waals surface area (Å²) in [5, 5.41) is 8.29. The molecule has 0 aliphatic heterocycles. The Morgan fingerprint density at radius 3 is 2.64 bits per heavy atom. The number of rotatable bonds is 4. The smallest absolute Gasteiger partial charge is 0.360 e. The van der Waals surface area contributed by atoms with Gasteiger partial charge in [-0.3, -0.25) is 4.55 Å². The van der Waals surface area contributed by atoms with Crippen LogP contribution in [0.3, 0.4) is 0 Å². The van der Waals surface area contributed by atoms with Gasteiger partial charge in [0.1, 0.15) is 6.04 Å². The molecule has 2 atom stereocenters. The highest BCUT2D eigenvalue weighted by molar-refractivity contribution is 7.74. The van der Waals surface area contributed by atoms with E-state index in [2.05, 4.69) is 4.18 Å². The molecule has 0 heterocycles. The molecule has 0 spiro atoms. The lowest BCUT2D eigenvalue weighted by molar-refractivity contribution is -0.135. The molecule has 0 saturated heterocycles. The third-order valence-corrected chi connectivity index (χ3v) is 1.20. The summed E-state index contributed by atoms with van der Waals surface area (Å²) in [5.41, 5.74) is 5.10. The van der Waals surface area contributed by atoms with Crippen LogP contribution < -0.4 is 5.73 Å². The number of aliphatic hydroxyl groups is 1. The van der Waals surface area contributed by atoms with Crippen molar-refractivity contribution < 1.29 is 22.8 Å². The van der Waals surface area contributed by atoms with E-state index in [-0.39, 0.29) is 13.0 Å². The first-order chi connectivity index (χ1) is 5.07. The maximum atomic E-state index is 10.5. The van der Waals surface area contributed by atoms with Gasteiger partial charge >= 0.3 is 17.3 Å². The lowest BCUT2D eigenvalue weighted by Gasteiger charge is -2.05. The van der Waals surface area contributed by atoms with Crippen molar-refractivity contribution in [1.82, 2.24) is 0 Å². The van der Waals surface area contributed by atoms with E-state index in [0.29, 0.717) is 0 Å². The molecular weight excluding hydrogens is 174 g/mol. The SMILES string of the molecule is N[C@@H](CCO)C(=O)OS(=O)O. The van der Waals surface area contributed by atoms with Gasteiger partial charge in [-0.05, 0) is 6.42 Å². The van der Waals surface area contributed by atoms with Gasteiger partial charge < -0.3 is 15.0 Å². The lowest BCUT2D eigenvalue weighted by atomic mass is 10.2. The minimum Gasteiger partial charge on any atom is -0.396 e. The van der Waals surface area contributed by atoms with Gasteiger partial charge in [0.05, 0.1) is 0 Å². The Morgan fingerprint density at radius 2 is 2.27 bits per heavy atom. The fourth-order valence-electron chi connectivity index (χ4n) is 0.389. The molecule has 11 heavy (non-hydrogen) atoms. The Hall–Kier alpha value is -0.500. The number of aliphatic hydroxyl groups excluding tert-OH is 1. The van der Waals surface area contributed by atoms with Gasteiger partial charge in [-0.1, -0.05) is 0 Å². The van der Waals surface area contributed by atoms with Gasteiger partial charge in [0.2, 0.25) is 0 Å². The predicted molar refractivity (Wildman–Crippen MR) is 36.5 cm³/mol. The molecule has 0 radical (unpaired) electrons. The van der Waals surface area contributed by atoms with Crippen LogP contribution in [0, 0.1) is 0 Å². The number of nitrogens with two attached hydrogens (primary N) is 1. The van der Waals surface area contributed by atoms with E-state index in [1.54, 1.807) is 0 Å². The van der Waals surface area contributed by atoms with Gasteiger partial charge in [0.25, 0.3) is 0 Å². The van der Waals surface area contributed by atoms with Crippen molar-refractivity contribution in [3.63, 3.8) is 0 Å². The van der Waals surface area contributed by atoms with Crippen LogP contribution >= 0.6 is 0 Å². The van der Waals surface area contributed by atoms with E-state index >= 15 is 0 Å². The number of hydrogen-bond acceptors (Lipinski definition) is 5. The summed E-state index contributed by atoms with van der Waals surface area (Å²) in [6, 6.07) is -1.05. The van der Waals surface area contributed by atoms with E-state index < -0.39 is 23.4 Å². The van der Waals surface area contributed by atoms with Gasteiger partial charge in [0.15, 0.2) is 0 Å². The van der Waals surface area contributed by atoms with Crippen molar-refractivity contribution in [3.8, 4) is 0 Å². The molecule has 6 nitrogen and oxygen atoms in total. The Labute approximate surface area is 65.8 Å². The predicted octanol–water partition coefficient (Wildman–Crippen LogP) is -1.62. The van der Waals surface area contributed by atoms with Crippen molar-refractivity contribution in [2.75, 3.05) is 6.61 Å². The Bertz CT molecular complexity index is 161. The molecule has 0 aliphatic carbocycles. The molecule has 0 amide bonds. The van der Waals surface area contributed by atoms with Crippen LogP contribution in [0.1, 0.15) is 6.42 Å². The minimum absolute atomic E-state index is 0.00995. The fraction of sp³-hybridized carbons (Fsp3) is 0.750. The summed E-state index contributed by atoms with van der Waals surface area (Å²) >= 11 is -2.63. The maximum absolute atomic E-state index is 10.5. The standard InChI is InChI=1S/C4H9NO5S/c5-3(1-2-6)4(7)10-11(8)9/h3,6H,1-2,5H2,(H,8,9)/t3-/m0/s1. The monoisotopic (exact) mass is 183 g/mol. The Kier molecular flexibility index (Phi) is 4.95. The zero-order valence-electron chi connectivity index (χ0n) is 5.60. The van der Waals surface area contributed by atoms with E-state index in [0.717, 1.165) is 0 Å². The molecule has 0 aromatic rings. The zero-order chi connectivity index (χ0) is 8.85. The molecule has 4 N–H and O–H groups in total. The second-order valence-corrected chi connectivity index (χ2v) is 2.34. The van der Waals surface area contributed by atoms with Crippen molar-refractivity contribution >= 4 is 17.3 Å². The first-order valence-electron chi connectivity index (χ1n) is 2.77. The average Bonchev–Trinajstić information content (AvgIpc) is 1.86. The second-order valence-electron chi connectivity index (χ2n) is 1.74. The number of hydrogen-bond donors (Lipinski definition) is 3. The van der Waals surface area contributed by atoms with Crippen molar-refractivity contribution in [2.45, 2.75) is 12.5 Å². The molecule has 1 unspecified atom stereocenters. The van der Waals surface area contributed by atoms with E-state index in [1.165, 1.54) is 0 Å². The quantitative estimate of drug-likeness (QED) is 0.452. The Balaban J connectivity index is 3.73. The molecule has 7 heteroatoms. The van der Waals surface area contributed by atoms with E-state index in [9.17, 15) is 9.00 Å². The maximum Gasteiger partial charge on any atom is 0.360 e. The van der Waals surface area contributed by atoms with Crippen LogP contribution in [0.15, 0.2) is 0 Å². The van der Waals surface area contributed by atoms with E-state index in [1.807, 2.05) is 0 Å². The second kappa shape index (κ2) is 5.19. The largest absolute Gasteiger partial charge is 0.396 e. The third-order valence-electron chi connectivity index (χ3n) is 0.896. The van der Waals surface area contributed by atoms with Crippen LogP contribution in [0.5, 0.6) is 0 Å². The zero-order valence-corrected chi connectivity index (χ0v) is 6.41. The molecule has 0 fully saturated rings. The topological polar surface area (TPSA) is 110 Å². The highest BCUT2D eigenvalue weighted by Gasteiger charge is 2.16. The summed E-state index contributed by atoms with van der Waals surface area (Å²) < 4.78 is 21.7. The molecule has 0 aliphatic rings. The van der Waals surface area contributed by atoms with Crippen LogP contribution in [0.4, 0.5) is 0 Å². The normalized spacial score (nSPS) is 15.5. The van der Waals surface area contributed by atoms with Crippen LogP contribution in [0.2, 0.25) is 0 Å². The summed E-state index contributed by atoms with van der Waals surface area (Å²) in [5.74, 6) is -1.00. The average molecular weight is 183 g/mol. The highest BCUT2D eigenvalue weighted by Crippen LogP contribution is 1.92. The van der Waals surface area contributed by atoms with Crippen molar-refractivity contribution in [2.24, 2.45) is 5.73 Å². The van der Waals surface area contributed by atoms with Gasteiger partial charge in [-0.15, -0.1) is 0 Å². The molecular formula is C4H9NO5S.